The first kappa shape index (κ1) is 18.4. The number of nitrogens with zero attached hydrogens (tertiary/aromatic N) is 5. The van der Waals surface area contributed by atoms with Crippen LogP contribution in [0.3, 0.4) is 0 Å². The Morgan fingerprint density at radius 2 is 2.04 bits per heavy atom. The molecule has 2 aromatic heterocycles. The van der Waals surface area contributed by atoms with Gasteiger partial charge in [-0.2, -0.15) is 0 Å². The van der Waals surface area contributed by atoms with E-state index in [2.05, 4.69) is 25.4 Å². The minimum Gasteiger partial charge on any atom is -0.424 e. The monoisotopic (exact) mass is 380 g/mol. The van der Waals surface area contributed by atoms with Crippen LogP contribution in [0.25, 0.3) is 5.69 Å². The standard InChI is InChI=1S/C20H24N6O2/c1-3-18-23-24-19(28-18)13-25-11-4-5-17(25)20(27)22-15-6-8-16(9-7-15)26-12-10-21-14(26)2/h6-10,12,17H,3-5,11,13H2,1-2H3,(H,22,27)/t17-/m0/s1. The van der Waals surface area contributed by atoms with E-state index in [0.717, 1.165) is 36.6 Å². The van der Waals surface area contributed by atoms with Crippen LogP contribution in [0.5, 0.6) is 0 Å². The molecule has 0 aliphatic carbocycles. The molecule has 0 bridgehead atoms. The van der Waals surface area contributed by atoms with Crippen LogP contribution in [0.1, 0.15) is 37.4 Å². The molecule has 0 spiro atoms. The number of likely N-dealkylation sites (tertiary alicyclic amines) is 1. The van der Waals surface area contributed by atoms with Crippen LogP contribution in [0.4, 0.5) is 5.69 Å². The predicted octanol–water partition coefficient (Wildman–Crippen LogP) is 2.73. The van der Waals surface area contributed by atoms with Gasteiger partial charge in [-0.25, -0.2) is 4.98 Å². The zero-order chi connectivity index (χ0) is 19.5. The summed E-state index contributed by atoms with van der Waals surface area (Å²) in [6.07, 6.45) is 6.21. The molecule has 0 radical (unpaired) electrons. The van der Waals surface area contributed by atoms with Gasteiger partial charge in [0.2, 0.25) is 17.7 Å². The summed E-state index contributed by atoms with van der Waals surface area (Å²) in [5, 5.41) is 11.1. The van der Waals surface area contributed by atoms with Crippen molar-refractivity contribution < 1.29 is 9.21 Å². The van der Waals surface area contributed by atoms with E-state index in [9.17, 15) is 4.79 Å². The van der Waals surface area contributed by atoms with Crippen molar-refractivity contribution >= 4 is 11.6 Å². The molecule has 1 aliphatic rings. The lowest BCUT2D eigenvalue weighted by Crippen LogP contribution is -2.39. The fourth-order valence-electron chi connectivity index (χ4n) is 3.56. The molecule has 1 fully saturated rings. The highest BCUT2D eigenvalue weighted by atomic mass is 16.4. The molecule has 1 aliphatic heterocycles. The third-order valence-corrected chi connectivity index (χ3v) is 5.05. The number of carbonyl (C=O) groups excluding carboxylic acids is 1. The second-order valence-corrected chi connectivity index (χ2v) is 6.95. The first-order chi connectivity index (χ1) is 13.6. The van der Waals surface area contributed by atoms with Crippen molar-refractivity contribution in [2.45, 2.75) is 45.7 Å². The minimum atomic E-state index is -0.187. The number of nitrogens with one attached hydrogen (secondary N) is 1. The number of hydrogen-bond donors (Lipinski definition) is 1. The van der Waals surface area contributed by atoms with Gasteiger partial charge in [-0.3, -0.25) is 9.69 Å². The molecule has 1 N–H and O–H groups in total. The molecule has 4 rings (SSSR count). The number of anilines is 1. The lowest BCUT2D eigenvalue weighted by Gasteiger charge is -2.22. The van der Waals surface area contributed by atoms with Gasteiger partial charge >= 0.3 is 0 Å². The molecule has 3 heterocycles. The highest BCUT2D eigenvalue weighted by Crippen LogP contribution is 2.22. The second-order valence-electron chi connectivity index (χ2n) is 6.95. The zero-order valence-corrected chi connectivity index (χ0v) is 16.1. The number of aromatic nitrogens is 4. The van der Waals surface area contributed by atoms with Crippen molar-refractivity contribution in [2.75, 3.05) is 11.9 Å². The van der Waals surface area contributed by atoms with Crippen LogP contribution >= 0.6 is 0 Å². The minimum absolute atomic E-state index is 0.000656. The van der Waals surface area contributed by atoms with Gasteiger partial charge in [-0.05, 0) is 50.6 Å². The molecule has 0 unspecified atom stereocenters. The summed E-state index contributed by atoms with van der Waals surface area (Å²) in [6.45, 7) is 5.28. The van der Waals surface area contributed by atoms with Crippen LogP contribution in [-0.4, -0.2) is 43.1 Å². The average molecular weight is 380 g/mol. The van der Waals surface area contributed by atoms with Crippen molar-refractivity contribution in [3.63, 3.8) is 0 Å². The number of aryl methyl sites for hydroxylation is 2. The first-order valence-corrected chi connectivity index (χ1v) is 9.60. The van der Waals surface area contributed by atoms with E-state index in [1.165, 1.54) is 0 Å². The molecule has 8 nitrogen and oxygen atoms in total. The number of rotatable bonds is 6. The first-order valence-electron chi connectivity index (χ1n) is 9.60. The highest BCUT2D eigenvalue weighted by Gasteiger charge is 2.31. The summed E-state index contributed by atoms with van der Waals surface area (Å²) in [5.41, 5.74) is 1.79. The van der Waals surface area contributed by atoms with Gasteiger partial charge in [-0.15, -0.1) is 10.2 Å². The Hall–Kier alpha value is -3.00. The molecule has 3 aromatic rings. The van der Waals surface area contributed by atoms with E-state index in [1.54, 1.807) is 6.20 Å². The van der Waals surface area contributed by atoms with Crippen molar-refractivity contribution in [3.8, 4) is 5.69 Å². The Balaban J connectivity index is 1.40. The number of imidazole rings is 1. The van der Waals surface area contributed by atoms with E-state index in [1.807, 2.05) is 48.9 Å². The SMILES string of the molecule is CCc1nnc(CN2CCC[C@H]2C(=O)Nc2ccc(-n3ccnc3C)cc2)o1. The number of amides is 1. The third-order valence-electron chi connectivity index (χ3n) is 5.05. The fraction of sp³-hybridized carbons (Fsp3) is 0.400. The van der Waals surface area contributed by atoms with E-state index in [4.69, 9.17) is 4.42 Å². The molecule has 0 saturated carbocycles. The maximum atomic E-state index is 12.8. The summed E-state index contributed by atoms with van der Waals surface area (Å²) in [6, 6.07) is 7.59. The van der Waals surface area contributed by atoms with Crippen LogP contribution in [0.15, 0.2) is 41.1 Å². The van der Waals surface area contributed by atoms with Gasteiger partial charge in [0, 0.05) is 30.2 Å². The Labute approximate surface area is 163 Å². The Bertz CT molecular complexity index is 946. The Morgan fingerprint density at radius 1 is 1.25 bits per heavy atom. The summed E-state index contributed by atoms with van der Waals surface area (Å²) in [7, 11) is 0. The number of benzene rings is 1. The van der Waals surface area contributed by atoms with Gasteiger partial charge in [-0.1, -0.05) is 6.92 Å². The maximum Gasteiger partial charge on any atom is 0.241 e. The van der Waals surface area contributed by atoms with Gasteiger partial charge in [0.15, 0.2) is 0 Å². The topological polar surface area (TPSA) is 89.1 Å². The molecule has 1 aromatic carbocycles. The van der Waals surface area contributed by atoms with Gasteiger partial charge < -0.3 is 14.3 Å². The quantitative estimate of drug-likeness (QED) is 0.707. The number of hydrogen-bond acceptors (Lipinski definition) is 6. The van der Waals surface area contributed by atoms with E-state index >= 15 is 0 Å². The van der Waals surface area contributed by atoms with Crippen molar-refractivity contribution in [3.05, 3.63) is 54.3 Å². The lowest BCUT2D eigenvalue weighted by molar-refractivity contribution is -0.120. The predicted molar refractivity (Wildman–Crippen MR) is 104 cm³/mol. The van der Waals surface area contributed by atoms with Gasteiger partial charge in [0.25, 0.3) is 0 Å². The van der Waals surface area contributed by atoms with E-state index in [-0.39, 0.29) is 11.9 Å². The van der Waals surface area contributed by atoms with Crippen LogP contribution in [-0.2, 0) is 17.8 Å². The number of carbonyl (C=O) groups is 1. The molecule has 28 heavy (non-hydrogen) atoms. The van der Waals surface area contributed by atoms with E-state index in [0.29, 0.717) is 24.7 Å². The second kappa shape index (κ2) is 7.93. The average Bonchev–Trinajstić information content (AvgIpc) is 3.44. The molecule has 1 atom stereocenters. The summed E-state index contributed by atoms with van der Waals surface area (Å²) in [4.78, 5) is 19.1. The highest BCUT2D eigenvalue weighted by molar-refractivity contribution is 5.95. The zero-order valence-electron chi connectivity index (χ0n) is 16.1. The molecule has 146 valence electrons. The molecular weight excluding hydrogens is 356 g/mol. The Morgan fingerprint density at radius 3 is 2.71 bits per heavy atom. The normalized spacial score (nSPS) is 17.1. The Kier molecular flexibility index (Phi) is 5.21. The van der Waals surface area contributed by atoms with Crippen LogP contribution in [0.2, 0.25) is 0 Å². The largest absolute Gasteiger partial charge is 0.424 e. The van der Waals surface area contributed by atoms with Crippen molar-refractivity contribution in [2.24, 2.45) is 0 Å². The summed E-state index contributed by atoms with van der Waals surface area (Å²) in [5.74, 6) is 2.12. The van der Waals surface area contributed by atoms with Crippen LogP contribution in [0, 0.1) is 6.92 Å². The summed E-state index contributed by atoms with van der Waals surface area (Å²) >= 11 is 0. The van der Waals surface area contributed by atoms with Gasteiger partial charge in [0.05, 0.1) is 12.6 Å². The van der Waals surface area contributed by atoms with Crippen molar-refractivity contribution in [1.82, 2.24) is 24.6 Å². The van der Waals surface area contributed by atoms with Crippen molar-refractivity contribution in [1.29, 1.82) is 0 Å². The maximum absolute atomic E-state index is 12.8. The lowest BCUT2D eigenvalue weighted by atomic mass is 10.2. The van der Waals surface area contributed by atoms with E-state index < -0.39 is 0 Å². The third kappa shape index (κ3) is 3.82. The molecule has 8 heteroatoms. The molecular formula is C20H24N6O2. The molecule has 1 saturated heterocycles. The van der Waals surface area contributed by atoms with Gasteiger partial charge in [0.1, 0.15) is 5.82 Å². The smallest absolute Gasteiger partial charge is 0.241 e. The fourth-order valence-corrected chi connectivity index (χ4v) is 3.56. The molecule has 1 amide bonds. The van der Waals surface area contributed by atoms with Crippen LogP contribution < -0.4 is 5.32 Å². The summed E-state index contributed by atoms with van der Waals surface area (Å²) < 4.78 is 7.60.